The van der Waals surface area contributed by atoms with E-state index in [1.165, 1.54) is 11.8 Å². The van der Waals surface area contributed by atoms with Crippen molar-refractivity contribution < 1.29 is 24.2 Å². The molecule has 2 amide bonds. The standard InChI is InChI=1S/C19H23N3O5/c1-19(17(24)25,10-6-11-20)21-16(23)15-9-5-12-22(15)18(26)27-13-14-7-3-2-4-8-14/h2-4,7-8,15H,5-6,9-10,12-13H2,1H3,(H,21,23)(H,24,25)/t15-,19+/m0/s1. The summed E-state index contributed by atoms with van der Waals surface area (Å²) in [6.45, 7) is 1.82. The molecule has 1 saturated heterocycles. The van der Waals surface area contributed by atoms with E-state index in [9.17, 15) is 19.5 Å². The lowest BCUT2D eigenvalue weighted by molar-refractivity contribution is -0.147. The molecule has 144 valence electrons. The Morgan fingerprint density at radius 1 is 1.37 bits per heavy atom. The predicted molar refractivity (Wildman–Crippen MR) is 95.4 cm³/mol. The lowest BCUT2D eigenvalue weighted by Gasteiger charge is -2.29. The summed E-state index contributed by atoms with van der Waals surface area (Å²) in [6.07, 6.45) is 0.429. The van der Waals surface area contributed by atoms with Crippen LogP contribution in [0.3, 0.4) is 0 Å². The second-order valence-electron chi connectivity index (χ2n) is 6.68. The lowest BCUT2D eigenvalue weighted by atomic mass is 9.95. The maximum atomic E-state index is 12.6. The fraction of sp³-hybridized carbons (Fsp3) is 0.474. The van der Waals surface area contributed by atoms with E-state index in [1.807, 2.05) is 36.4 Å². The number of hydrogen-bond acceptors (Lipinski definition) is 5. The number of carboxylic acids is 1. The van der Waals surface area contributed by atoms with E-state index in [0.717, 1.165) is 5.56 Å². The third-order valence-electron chi connectivity index (χ3n) is 4.60. The number of amides is 2. The largest absolute Gasteiger partial charge is 0.480 e. The molecule has 8 nitrogen and oxygen atoms in total. The minimum absolute atomic E-state index is 0.00339. The number of carboxylic acid groups (broad SMARTS) is 1. The smallest absolute Gasteiger partial charge is 0.410 e. The number of benzene rings is 1. The summed E-state index contributed by atoms with van der Waals surface area (Å²) in [7, 11) is 0. The van der Waals surface area contributed by atoms with Gasteiger partial charge in [0.1, 0.15) is 18.2 Å². The van der Waals surface area contributed by atoms with Crippen molar-refractivity contribution in [3.8, 4) is 6.07 Å². The molecule has 2 rings (SSSR count). The van der Waals surface area contributed by atoms with E-state index in [-0.39, 0.29) is 19.4 Å². The van der Waals surface area contributed by atoms with Crippen molar-refractivity contribution in [2.75, 3.05) is 6.54 Å². The Hall–Kier alpha value is -3.08. The van der Waals surface area contributed by atoms with Crippen LogP contribution in [-0.4, -0.2) is 46.1 Å². The van der Waals surface area contributed by atoms with Crippen LogP contribution in [0.25, 0.3) is 0 Å². The summed E-state index contributed by atoms with van der Waals surface area (Å²) in [6, 6.07) is 10.3. The van der Waals surface area contributed by atoms with Crippen LogP contribution in [0.2, 0.25) is 0 Å². The molecule has 0 aliphatic carbocycles. The summed E-state index contributed by atoms with van der Waals surface area (Å²) < 4.78 is 5.28. The Morgan fingerprint density at radius 3 is 2.70 bits per heavy atom. The van der Waals surface area contributed by atoms with Gasteiger partial charge in [0, 0.05) is 13.0 Å². The Kier molecular flexibility index (Phi) is 6.77. The molecule has 0 aromatic heterocycles. The van der Waals surface area contributed by atoms with Gasteiger partial charge < -0.3 is 15.2 Å². The lowest BCUT2D eigenvalue weighted by Crippen LogP contribution is -2.57. The van der Waals surface area contributed by atoms with Crippen molar-refractivity contribution >= 4 is 18.0 Å². The van der Waals surface area contributed by atoms with Crippen molar-refractivity contribution in [3.05, 3.63) is 35.9 Å². The van der Waals surface area contributed by atoms with Crippen molar-refractivity contribution in [1.29, 1.82) is 5.26 Å². The number of hydrogen-bond donors (Lipinski definition) is 2. The summed E-state index contributed by atoms with van der Waals surface area (Å²) in [4.78, 5) is 37.8. The molecule has 0 saturated carbocycles. The Bertz CT molecular complexity index is 731. The molecule has 1 aliphatic rings. The van der Waals surface area contributed by atoms with Gasteiger partial charge in [-0.2, -0.15) is 5.26 Å². The van der Waals surface area contributed by atoms with Crippen LogP contribution in [0.1, 0.15) is 38.2 Å². The van der Waals surface area contributed by atoms with Crippen molar-refractivity contribution in [2.24, 2.45) is 0 Å². The van der Waals surface area contributed by atoms with E-state index in [4.69, 9.17) is 10.00 Å². The van der Waals surface area contributed by atoms with Gasteiger partial charge in [-0.1, -0.05) is 30.3 Å². The average molecular weight is 373 g/mol. The highest BCUT2D eigenvalue weighted by molar-refractivity contribution is 5.91. The fourth-order valence-electron chi connectivity index (χ4n) is 2.94. The van der Waals surface area contributed by atoms with Gasteiger partial charge in [-0.05, 0) is 31.7 Å². The van der Waals surface area contributed by atoms with Gasteiger partial charge >= 0.3 is 12.1 Å². The molecule has 1 aromatic carbocycles. The van der Waals surface area contributed by atoms with Crippen molar-refractivity contribution in [3.63, 3.8) is 0 Å². The van der Waals surface area contributed by atoms with Gasteiger partial charge in [0.25, 0.3) is 0 Å². The van der Waals surface area contributed by atoms with E-state index >= 15 is 0 Å². The minimum atomic E-state index is -1.56. The number of aliphatic carboxylic acids is 1. The number of nitriles is 1. The zero-order valence-corrected chi connectivity index (χ0v) is 15.2. The Labute approximate surface area is 157 Å². The highest BCUT2D eigenvalue weighted by Crippen LogP contribution is 2.21. The molecular formula is C19H23N3O5. The van der Waals surface area contributed by atoms with Crippen LogP contribution in [-0.2, 0) is 20.9 Å². The highest BCUT2D eigenvalue weighted by Gasteiger charge is 2.41. The number of likely N-dealkylation sites (tertiary alicyclic amines) is 1. The van der Waals surface area contributed by atoms with Crippen LogP contribution in [0, 0.1) is 11.3 Å². The molecule has 2 atom stereocenters. The maximum Gasteiger partial charge on any atom is 0.410 e. The third-order valence-corrected chi connectivity index (χ3v) is 4.60. The molecule has 8 heteroatoms. The molecule has 0 spiro atoms. The van der Waals surface area contributed by atoms with Gasteiger partial charge in [0.05, 0.1) is 6.07 Å². The summed E-state index contributed by atoms with van der Waals surface area (Å²) in [5.41, 5.74) is -0.726. The first-order chi connectivity index (χ1) is 12.9. The topological polar surface area (TPSA) is 120 Å². The molecular weight excluding hydrogens is 350 g/mol. The van der Waals surface area contributed by atoms with Gasteiger partial charge in [-0.3, -0.25) is 9.69 Å². The first-order valence-corrected chi connectivity index (χ1v) is 8.77. The average Bonchev–Trinajstić information content (AvgIpc) is 3.15. The van der Waals surface area contributed by atoms with Gasteiger partial charge in [-0.15, -0.1) is 0 Å². The van der Waals surface area contributed by atoms with Gasteiger partial charge in [0.2, 0.25) is 5.91 Å². The van der Waals surface area contributed by atoms with Crippen LogP contribution in [0.5, 0.6) is 0 Å². The number of nitrogens with zero attached hydrogens (tertiary/aromatic N) is 2. The van der Waals surface area contributed by atoms with E-state index in [1.54, 1.807) is 0 Å². The number of rotatable bonds is 7. The van der Waals surface area contributed by atoms with E-state index in [2.05, 4.69) is 5.32 Å². The molecule has 0 bridgehead atoms. The monoisotopic (exact) mass is 373 g/mol. The number of nitrogens with one attached hydrogen (secondary N) is 1. The van der Waals surface area contributed by atoms with Crippen LogP contribution in [0.15, 0.2) is 30.3 Å². The molecule has 0 radical (unpaired) electrons. The number of carbonyl (C=O) groups is 3. The molecule has 1 aromatic rings. The second-order valence-corrected chi connectivity index (χ2v) is 6.68. The molecule has 27 heavy (non-hydrogen) atoms. The Balaban J connectivity index is 1.99. The molecule has 1 aliphatic heterocycles. The first kappa shape index (κ1) is 20.2. The Morgan fingerprint density at radius 2 is 2.07 bits per heavy atom. The zero-order valence-electron chi connectivity index (χ0n) is 15.2. The quantitative estimate of drug-likeness (QED) is 0.755. The fourth-order valence-corrected chi connectivity index (χ4v) is 2.94. The van der Waals surface area contributed by atoms with E-state index < -0.39 is 29.6 Å². The molecule has 1 fully saturated rings. The minimum Gasteiger partial charge on any atom is -0.480 e. The molecule has 2 N–H and O–H groups in total. The van der Waals surface area contributed by atoms with Crippen molar-refractivity contribution in [2.45, 2.75) is 50.8 Å². The second kappa shape index (κ2) is 9.03. The normalized spacial score (nSPS) is 18.2. The summed E-state index contributed by atoms with van der Waals surface area (Å²) in [5.74, 6) is -1.77. The number of carbonyl (C=O) groups excluding carboxylic acids is 2. The summed E-state index contributed by atoms with van der Waals surface area (Å²) in [5, 5.41) is 20.6. The molecule has 1 heterocycles. The van der Waals surface area contributed by atoms with E-state index in [0.29, 0.717) is 19.4 Å². The first-order valence-electron chi connectivity index (χ1n) is 8.77. The van der Waals surface area contributed by atoms with Crippen molar-refractivity contribution in [1.82, 2.24) is 10.2 Å². The van der Waals surface area contributed by atoms with Crippen LogP contribution < -0.4 is 5.32 Å². The predicted octanol–water partition coefficient (Wildman–Crippen LogP) is 2.05. The van der Waals surface area contributed by atoms with Crippen LogP contribution >= 0.6 is 0 Å². The maximum absolute atomic E-state index is 12.6. The SMILES string of the molecule is C[C@](CCC#N)(NC(=O)[C@@H]1CCCN1C(=O)OCc1ccccc1)C(=O)O. The highest BCUT2D eigenvalue weighted by atomic mass is 16.6. The number of ether oxygens (including phenoxy) is 1. The van der Waals surface area contributed by atoms with Gasteiger partial charge in [-0.25, -0.2) is 9.59 Å². The summed E-state index contributed by atoms with van der Waals surface area (Å²) >= 11 is 0. The van der Waals surface area contributed by atoms with Crippen LogP contribution in [0.4, 0.5) is 4.79 Å². The van der Waals surface area contributed by atoms with Gasteiger partial charge in [0.15, 0.2) is 0 Å². The third kappa shape index (κ3) is 5.20. The molecule has 0 unspecified atom stereocenters. The zero-order chi connectivity index (χ0) is 19.9.